The van der Waals surface area contributed by atoms with E-state index < -0.39 is 30.7 Å². The molecule has 0 radical (unpaired) electrons. The van der Waals surface area contributed by atoms with Gasteiger partial charge < -0.3 is 34.9 Å². The molecule has 1 heterocycles. The van der Waals surface area contributed by atoms with Crippen molar-refractivity contribution in [2.24, 2.45) is 0 Å². The van der Waals surface area contributed by atoms with Gasteiger partial charge in [0.05, 0.1) is 6.61 Å². The van der Waals surface area contributed by atoms with Crippen LogP contribution in [0.4, 0.5) is 5.69 Å². The molecule has 21 heavy (non-hydrogen) atoms. The Morgan fingerprint density at radius 2 is 1.76 bits per heavy atom. The molecule has 0 bridgehead atoms. The number of ether oxygens (including phenoxy) is 4. The van der Waals surface area contributed by atoms with Gasteiger partial charge in [-0.05, 0) is 24.3 Å². The average Bonchev–Trinajstić information content (AvgIpc) is 2.49. The largest absolute Gasteiger partial charge is 0.462 e. The molecule has 7 heteroatoms. The summed E-state index contributed by atoms with van der Waals surface area (Å²) in [6.07, 6.45) is -3.97. The number of anilines is 1. The fourth-order valence-corrected chi connectivity index (χ4v) is 2.36. The van der Waals surface area contributed by atoms with E-state index in [1.807, 2.05) is 0 Å². The van der Waals surface area contributed by atoms with Crippen LogP contribution < -0.4 is 10.5 Å². The van der Waals surface area contributed by atoms with Gasteiger partial charge in [-0.15, -0.1) is 0 Å². The molecule has 1 aromatic rings. The average molecular weight is 299 g/mol. The Morgan fingerprint density at radius 1 is 1.14 bits per heavy atom. The first-order valence-electron chi connectivity index (χ1n) is 6.63. The predicted molar refractivity (Wildman–Crippen MR) is 74.8 cm³/mol. The maximum atomic E-state index is 10.3. The van der Waals surface area contributed by atoms with E-state index in [9.17, 15) is 10.2 Å². The molecule has 1 aromatic carbocycles. The summed E-state index contributed by atoms with van der Waals surface area (Å²) in [6.45, 7) is -0.298. The number of benzene rings is 1. The molecule has 0 unspecified atom stereocenters. The van der Waals surface area contributed by atoms with Gasteiger partial charge >= 0.3 is 0 Å². The summed E-state index contributed by atoms with van der Waals surface area (Å²) in [6, 6.07) is 6.76. The number of hydrogen-bond donors (Lipinski definition) is 3. The number of nitrogens with two attached hydrogens (primary N) is 1. The minimum Gasteiger partial charge on any atom is -0.462 e. The monoisotopic (exact) mass is 299 g/mol. The van der Waals surface area contributed by atoms with Gasteiger partial charge in [-0.25, -0.2) is 0 Å². The number of methoxy groups -OCH3 is 2. The molecule has 4 N–H and O–H groups in total. The Hall–Kier alpha value is -1.38. The molecule has 0 amide bonds. The van der Waals surface area contributed by atoms with E-state index in [-0.39, 0.29) is 6.61 Å². The predicted octanol–water partition coefficient (Wildman–Crippen LogP) is -0.244. The highest BCUT2D eigenvalue weighted by Gasteiger charge is 2.46. The van der Waals surface area contributed by atoms with Crippen molar-refractivity contribution in [1.29, 1.82) is 0 Å². The van der Waals surface area contributed by atoms with Gasteiger partial charge in [0.1, 0.15) is 30.2 Å². The lowest BCUT2D eigenvalue weighted by atomic mass is 9.99. The third-order valence-electron chi connectivity index (χ3n) is 3.47. The van der Waals surface area contributed by atoms with E-state index in [0.29, 0.717) is 11.4 Å². The highest BCUT2D eigenvalue weighted by atomic mass is 16.7. The highest BCUT2D eigenvalue weighted by Crippen LogP contribution is 2.27. The quantitative estimate of drug-likeness (QED) is 0.644. The molecule has 0 saturated carbocycles. The van der Waals surface area contributed by atoms with Crippen molar-refractivity contribution >= 4 is 5.69 Å². The Bertz CT molecular complexity index is 440. The van der Waals surface area contributed by atoms with Crippen LogP contribution in [0.25, 0.3) is 0 Å². The van der Waals surface area contributed by atoms with Gasteiger partial charge in [-0.2, -0.15) is 0 Å². The van der Waals surface area contributed by atoms with E-state index in [4.69, 9.17) is 24.7 Å². The molecule has 7 nitrogen and oxygen atoms in total. The highest BCUT2D eigenvalue weighted by molar-refractivity contribution is 5.41. The Kier molecular flexibility index (Phi) is 5.38. The number of aliphatic hydroxyl groups excluding tert-OH is 2. The number of aliphatic hydroxyl groups is 2. The van der Waals surface area contributed by atoms with Gasteiger partial charge in [0.25, 0.3) is 0 Å². The van der Waals surface area contributed by atoms with Crippen LogP contribution in [0.3, 0.4) is 0 Å². The van der Waals surface area contributed by atoms with E-state index in [2.05, 4.69) is 0 Å². The Labute approximate surface area is 123 Å². The van der Waals surface area contributed by atoms with E-state index in [1.54, 1.807) is 24.3 Å². The third-order valence-corrected chi connectivity index (χ3v) is 3.47. The molecule has 5 atom stereocenters. The molecule has 118 valence electrons. The van der Waals surface area contributed by atoms with Crippen molar-refractivity contribution in [2.45, 2.75) is 30.7 Å². The fraction of sp³-hybridized carbons (Fsp3) is 0.571. The van der Waals surface area contributed by atoms with Crippen LogP contribution in [-0.4, -0.2) is 61.7 Å². The normalized spacial score (nSPS) is 32.9. The lowest BCUT2D eigenvalue weighted by Crippen LogP contribution is -2.61. The Morgan fingerprint density at radius 3 is 2.29 bits per heavy atom. The Balaban J connectivity index is 2.14. The van der Waals surface area contributed by atoms with Crippen molar-refractivity contribution in [3.05, 3.63) is 24.3 Å². The van der Waals surface area contributed by atoms with Gasteiger partial charge in [0, 0.05) is 19.9 Å². The fourth-order valence-electron chi connectivity index (χ4n) is 2.36. The standard InChI is InChI=1S/C14H21NO6/c1-18-12-10(7-16)21-14(13(19-2)11(12)17)20-9-5-3-8(15)4-6-9/h3-6,10-14,16-17H,7,15H2,1-2H3/t10-,11+,12+,13-,14+/m1/s1. The SMILES string of the molecule is CO[C@@H]1[C@H](O)[C@@H](OC)[C@@H](Oc2ccc(N)cc2)O[C@@H]1CO. The van der Waals surface area contributed by atoms with E-state index >= 15 is 0 Å². The third kappa shape index (κ3) is 3.45. The summed E-state index contributed by atoms with van der Waals surface area (Å²) >= 11 is 0. The topological polar surface area (TPSA) is 103 Å². The maximum absolute atomic E-state index is 10.3. The number of hydrogen-bond acceptors (Lipinski definition) is 7. The first kappa shape index (κ1) is 16.0. The summed E-state index contributed by atoms with van der Waals surface area (Å²) < 4.78 is 21.7. The van der Waals surface area contributed by atoms with Crippen LogP contribution in [-0.2, 0) is 14.2 Å². The zero-order valence-corrected chi connectivity index (χ0v) is 12.0. The zero-order chi connectivity index (χ0) is 15.4. The molecule has 1 fully saturated rings. The van der Waals surface area contributed by atoms with Crippen molar-refractivity contribution in [2.75, 3.05) is 26.6 Å². The van der Waals surface area contributed by atoms with Gasteiger partial charge in [0.2, 0.25) is 6.29 Å². The van der Waals surface area contributed by atoms with Gasteiger partial charge in [-0.3, -0.25) is 0 Å². The molecule has 2 rings (SSSR count). The summed E-state index contributed by atoms with van der Waals surface area (Å²) in [5.74, 6) is 0.524. The second-order valence-corrected chi connectivity index (χ2v) is 4.80. The molecule has 1 aliphatic rings. The minimum absolute atomic E-state index is 0.298. The van der Waals surface area contributed by atoms with Crippen LogP contribution in [0.5, 0.6) is 5.75 Å². The van der Waals surface area contributed by atoms with Gasteiger partial charge in [-0.1, -0.05) is 0 Å². The summed E-state index contributed by atoms with van der Waals surface area (Å²) in [5, 5.41) is 19.6. The number of rotatable bonds is 5. The van der Waals surface area contributed by atoms with Crippen molar-refractivity contribution in [3.63, 3.8) is 0 Å². The number of nitrogen functional groups attached to an aromatic ring is 1. The summed E-state index contributed by atoms with van der Waals surface area (Å²) in [7, 11) is 2.89. The summed E-state index contributed by atoms with van der Waals surface area (Å²) in [4.78, 5) is 0. The molecule has 1 saturated heterocycles. The molecule has 0 aromatic heterocycles. The second kappa shape index (κ2) is 7.06. The lowest BCUT2D eigenvalue weighted by molar-refractivity contribution is -0.287. The van der Waals surface area contributed by atoms with E-state index in [0.717, 1.165) is 0 Å². The van der Waals surface area contributed by atoms with Crippen LogP contribution in [0, 0.1) is 0 Å². The first-order chi connectivity index (χ1) is 10.1. The van der Waals surface area contributed by atoms with Crippen molar-refractivity contribution in [3.8, 4) is 5.75 Å². The van der Waals surface area contributed by atoms with Crippen LogP contribution in [0.2, 0.25) is 0 Å². The smallest absolute Gasteiger partial charge is 0.229 e. The second-order valence-electron chi connectivity index (χ2n) is 4.80. The minimum atomic E-state index is -0.982. The summed E-state index contributed by atoms with van der Waals surface area (Å²) in [5.41, 5.74) is 6.23. The molecular formula is C14H21NO6. The van der Waals surface area contributed by atoms with Gasteiger partial charge in [0.15, 0.2) is 0 Å². The molecular weight excluding hydrogens is 278 g/mol. The molecule has 0 aliphatic carbocycles. The van der Waals surface area contributed by atoms with Crippen LogP contribution >= 0.6 is 0 Å². The lowest BCUT2D eigenvalue weighted by Gasteiger charge is -2.42. The van der Waals surface area contributed by atoms with Crippen molar-refractivity contribution in [1.82, 2.24) is 0 Å². The first-order valence-corrected chi connectivity index (χ1v) is 6.63. The van der Waals surface area contributed by atoms with Crippen molar-refractivity contribution < 1.29 is 29.2 Å². The van der Waals surface area contributed by atoms with E-state index in [1.165, 1.54) is 14.2 Å². The van der Waals surface area contributed by atoms with Crippen LogP contribution in [0.1, 0.15) is 0 Å². The molecule has 0 spiro atoms. The molecule has 1 aliphatic heterocycles. The zero-order valence-electron chi connectivity index (χ0n) is 12.0. The van der Waals surface area contributed by atoms with Crippen LogP contribution in [0.15, 0.2) is 24.3 Å². The maximum Gasteiger partial charge on any atom is 0.229 e.